The van der Waals surface area contributed by atoms with E-state index in [0.29, 0.717) is 13.2 Å². The number of hydrogen-bond acceptors (Lipinski definition) is 4. The van der Waals surface area contributed by atoms with E-state index in [-0.39, 0.29) is 11.9 Å². The standard InChI is InChI=1S/C21H22FN3O2/c1-26-18-4-2-3-16(11-18)19-12-23-21(24-19)20-14-27-10-9-25(20)13-15-5-7-17(22)8-6-15/h2-8,11-12,20H,9-10,13-14H2,1H3,(H,23,24). The maximum Gasteiger partial charge on any atom is 0.126 e. The van der Waals surface area contributed by atoms with Crippen LogP contribution >= 0.6 is 0 Å². The lowest BCUT2D eigenvalue weighted by Crippen LogP contribution is -2.39. The van der Waals surface area contributed by atoms with Crippen molar-refractivity contribution < 1.29 is 13.9 Å². The number of hydrogen-bond donors (Lipinski definition) is 1. The van der Waals surface area contributed by atoms with Crippen LogP contribution < -0.4 is 4.74 Å². The van der Waals surface area contributed by atoms with Crippen LogP contribution in [0.1, 0.15) is 17.4 Å². The van der Waals surface area contributed by atoms with Crippen molar-refractivity contribution in [1.29, 1.82) is 0 Å². The van der Waals surface area contributed by atoms with Crippen molar-refractivity contribution in [3.05, 3.63) is 71.9 Å². The summed E-state index contributed by atoms with van der Waals surface area (Å²) in [7, 11) is 1.66. The predicted molar refractivity (Wildman–Crippen MR) is 101 cm³/mol. The van der Waals surface area contributed by atoms with Crippen LogP contribution in [0.3, 0.4) is 0 Å². The molecule has 2 aromatic carbocycles. The minimum absolute atomic E-state index is 0.0307. The van der Waals surface area contributed by atoms with E-state index in [2.05, 4.69) is 14.9 Å². The van der Waals surface area contributed by atoms with Gasteiger partial charge in [-0.1, -0.05) is 24.3 Å². The molecule has 1 N–H and O–H groups in total. The summed E-state index contributed by atoms with van der Waals surface area (Å²) in [5.41, 5.74) is 3.04. The van der Waals surface area contributed by atoms with E-state index in [1.165, 1.54) is 12.1 Å². The van der Waals surface area contributed by atoms with Crippen LogP contribution in [0.4, 0.5) is 4.39 Å². The molecule has 4 rings (SSSR count). The van der Waals surface area contributed by atoms with Crippen molar-refractivity contribution in [2.24, 2.45) is 0 Å². The van der Waals surface area contributed by atoms with Gasteiger partial charge < -0.3 is 14.5 Å². The quantitative estimate of drug-likeness (QED) is 0.745. The lowest BCUT2D eigenvalue weighted by Gasteiger charge is -2.34. The van der Waals surface area contributed by atoms with Gasteiger partial charge in [0.25, 0.3) is 0 Å². The first-order valence-corrected chi connectivity index (χ1v) is 8.98. The highest BCUT2D eigenvalue weighted by atomic mass is 19.1. The summed E-state index contributed by atoms with van der Waals surface area (Å²) in [5.74, 6) is 1.46. The molecule has 1 atom stereocenters. The highest BCUT2D eigenvalue weighted by molar-refractivity contribution is 5.60. The number of halogens is 1. The Morgan fingerprint density at radius 2 is 2.11 bits per heavy atom. The number of imidazole rings is 1. The molecular weight excluding hydrogens is 345 g/mol. The number of benzene rings is 2. The monoisotopic (exact) mass is 367 g/mol. The first-order valence-electron chi connectivity index (χ1n) is 8.98. The molecule has 1 aromatic heterocycles. The van der Waals surface area contributed by atoms with E-state index in [0.717, 1.165) is 41.5 Å². The van der Waals surface area contributed by atoms with Crippen molar-refractivity contribution >= 4 is 0 Å². The summed E-state index contributed by atoms with van der Waals surface area (Å²) >= 11 is 0. The zero-order chi connectivity index (χ0) is 18.6. The molecule has 1 saturated heterocycles. The third kappa shape index (κ3) is 4.02. The molecular formula is C21H22FN3O2. The van der Waals surface area contributed by atoms with Gasteiger partial charge in [0.2, 0.25) is 0 Å². The summed E-state index contributed by atoms with van der Waals surface area (Å²) < 4.78 is 24.2. The average Bonchev–Trinajstić information content (AvgIpc) is 3.20. The molecule has 0 bridgehead atoms. The smallest absolute Gasteiger partial charge is 0.126 e. The molecule has 1 unspecified atom stereocenters. The topological polar surface area (TPSA) is 50.4 Å². The molecule has 5 nitrogen and oxygen atoms in total. The number of morpholine rings is 1. The number of aromatic amines is 1. The van der Waals surface area contributed by atoms with E-state index in [1.807, 2.05) is 42.6 Å². The zero-order valence-corrected chi connectivity index (χ0v) is 15.2. The zero-order valence-electron chi connectivity index (χ0n) is 15.2. The number of rotatable bonds is 5. The lowest BCUT2D eigenvalue weighted by molar-refractivity contribution is -0.0156. The molecule has 0 saturated carbocycles. The minimum atomic E-state index is -0.216. The van der Waals surface area contributed by atoms with Gasteiger partial charge in [-0.15, -0.1) is 0 Å². The summed E-state index contributed by atoms with van der Waals surface area (Å²) in [6, 6.07) is 14.6. The normalized spacial score (nSPS) is 17.8. The number of ether oxygens (including phenoxy) is 2. The molecule has 1 fully saturated rings. The Balaban J connectivity index is 1.55. The largest absolute Gasteiger partial charge is 0.497 e. The van der Waals surface area contributed by atoms with Gasteiger partial charge in [0.1, 0.15) is 17.4 Å². The fourth-order valence-corrected chi connectivity index (χ4v) is 3.35. The second-order valence-corrected chi connectivity index (χ2v) is 6.60. The van der Waals surface area contributed by atoms with Crippen LogP contribution in [0, 0.1) is 5.82 Å². The number of aromatic nitrogens is 2. The van der Waals surface area contributed by atoms with Gasteiger partial charge in [0.05, 0.1) is 38.3 Å². The summed E-state index contributed by atoms with van der Waals surface area (Å²) in [6.45, 7) is 2.79. The van der Waals surface area contributed by atoms with E-state index in [4.69, 9.17) is 9.47 Å². The van der Waals surface area contributed by atoms with Crippen molar-refractivity contribution in [2.45, 2.75) is 12.6 Å². The molecule has 140 valence electrons. The number of nitrogens with one attached hydrogen (secondary N) is 1. The number of H-pyrrole nitrogens is 1. The fraction of sp³-hybridized carbons (Fsp3) is 0.286. The van der Waals surface area contributed by atoms with Gasteiger partial charge in [0, 0.05) is 18.7 Å². The predicted octanol–water partition coefficient (Wildman–Crippen LogP) is 3.80. The average molecular weight is 367 g/mol. The Kier molecular flexibility index (Phi) is 5.18. The second-order valence-electron chi connectivity index (χ2n) is 6.60. The Bertz CT molecular complexity index is 894. The Morgan fingerprint density at radius 3 is 2.93 bits per heavy atom. The van der Waals surface area contributed by atoms with Gasteiger partial charge in [-0.3, -0.25) is 4.90 Å². The van der Waals surface area contributed by atoms with E-state index in [1.54, 1.807) is 7.11 Å². The minimum Gasteiger partial charge on any atom is -0.497 e. The van der Waals surface area contributed by atoms with Crippen molar-refractivity contribution in [3.8, 4) is 17.0 Å². The maximum atomic E-state index is 13.2. The van der Waals surface area contributed by atoms with Crippen LogP contribution in [0.5, 0.6) is 5.75 Å². The summed E-state index contributed by atoms with van der Waals surface area (Å²) in [6.07, 6.45) is 1.84. The molecule has 27 heavy (non-hydrogen) atoms. The van der Waals surface area contributed by atoms with Gasteiger partial charge in [-0.05, 0) is 29.8 Å². The molecule has 6 heteroatoms. The first kappa shape index (κ1) is 17.7. The summed E-state index contributed by atoms with van der Waals surface area (Å²) in [5, 5.41) is 0. The maximum absolute atomic E-state index is 13.2. The number of methoxy groups -OCH3 is 1. The van der Waals surface area contributed by atoms with Crippen LogP contribution in [-0.2, 0) is 11.3 Å². The van der Waals surface area contributed by atoms with Crippen LogP contribution in [0.25, 0.3) is 11.3 Å². The van der Waals surface area contributed by atoms with Gasteiger partial charge in [0.15, 0.2) is 0 Å². The van der Waals surface area contributed by atoms with E-state index >= 15 is 0 Å². The van der Waals surface area contributed by atoms with Gasteiger partial charge in [-0.2, -0.15) is 0 Å². The van der Waals surface area contributed by atoms with Crippen LogP contribution in [-0.4, -0.2) is 41.7 Å². The second kappa shape index (κ2) is 7.90. The van der Waals surface area contributed by atoms with Crippen LogP contribution in [0.2, 0.25) is 0 Å². The fourth-order valence-electron chi connectivity index (χ4n) is 3.35. The molecule has 0 aliphatic carbocycles. The third-order valence-electron chi connectivity index (χ3n) is 4.83. The Labute approximate surface area is 157 Å². The van der Waals surface area contributed by atoms with Crippen molar-refractivity contribution in [3.63, 3.8) is 0 Å². The molecule has 0 spiro atoms. The molecule has 3 aromatic rings. The SMILES string of the molecule is COc1cccc(-c2cnc(C3COCCN3Cc3ccc(F)cc3)[nH]2)c1. The first-order chi connectivity index (χ1) is 13.2. The highest BCUT2D eigenvalue weighted by Gasteiger charge is 2.27. The summed E-state index contributed by atoms with van der Waals surface area (Å²) in [4.78, 5) is 10.3. The molecule has 0 amide bonds. The Morgan fingerprint density at radius 1 is 1.26 bits per heavy atom. The lowest BCUT2D eigenvalue weighted by atomic mass is 10.1. The van der Waals surface area contributed by atoms with Gasteiger partial charge in [-0.25, -0.2) is 9.37 Å². The molecule has 0 radical (unpaired) electrons. The van der Waals surface area contributed by atoms with Gasteiger partial charge >= 0.3 is 0 Å². The molecule has 1 aliphatic rings. The molecule has 2 heterocycles. The third-order valence-corrected chi connectivity index (χ3v) is 4.83. The van der Waals surface area contributed by atoms with Crippen molar-refractivity contribution in [2.75, 3.05) is 26.9 Å². The Hall–Kier alpha value is -2.70. The van der Waals surface area contributed by atoms with Crippen molar-refractivity contribution in [1.82, 2.24) is 14.9 Å². The molecule has 1 aliphatic heterocycles. The van der Waals surface area contributed by atoms with Crippen LogP contribution in [0.15, 0.2) is 54.7 Å². The van der Waals surface area contributed by atoms with E-state index in [9.17, 15) is 4.39 Å². The van der Waals surface area contributed by atoms with E-state index < -0.39 is 0 Å². The highest BCUT2D eigenvalue weighted by Crippen LogP contribution is 2.27. The number of nitrogens with zero attached hydrogens (tertiary/aromatic N) is 2.